The van der Waals surface area contributed by atoms with Crippen molar-refractivity contribution < 1.29 is 23.5 Å². The molecule has 0 aliphatic heterocycles. The number of amides is 2. The van der Waals surface area contributed by atoms with Crippen LogP contribution in [0.15, 0.2) is 34.9 Å². The largest absolute Gasteiger partial charge is 0.493 e. The van der Waals surface area contributed by atoms with Gasteiger partial charge in [0.05, 0.1) is 37.2 Å². The van der Waals surface area contributed by atoms with Gasteiger partial charge < -0.3 is 13.9 Å². The third-order valence-corrected chi connectivity index (χ3v) is 3.52. The molecule has 1 aromatic heterocycles. The van der Waals surface area contributed by atoms with Crippen molar-refractivity contribution in [2.75, 3.05) is 13.7 Å². The third-order valence-electron chi connectivity index (χ3n) is 3.52. The van der Waals surface area contributed by atoms with E-state index in [0.29, 0.717) is 34.8 Å². The molecule has 0 fully saturated rings. The summed E-state index contributed by atoms with van der Waals surface area (Å²) in [7, 11) is 1.49. The summed E-state index contributed by atoms with van der Waals surface area (Å²) in [5.74, 6) is 0.645. The van der Waals surface area contributed by atoms with E-state index in [9.17, 15) is 9.59 Å². The Hall–Kier alpha value is -3.47. The van der Waals surface area contributed by atoms with Crippen molar-refractivity contribution in [1.29, 1.82) is 5.26 Å². The van der Waals surface area contributed by atoms with Crippen LogP contribution in [0.1, 0.15) is 34.5 Å². The van der Waals surface area contributed by atoms with Gasteiger partial charge in [-0.15, -0.1) is 0 Å². The van der Waals surface area contributed by atoms with Crippen molar-refractivity contribution in [3.63, 3.8) is 0 Å². The number of aryl methyl sites for hydroxylation is 1. The quantitative estimate of drug-likeness (QED) is 0.579. The highest BCUT2D eigenvalue weighted by atomic mass is 16.5. The number of benzene rings is 1. The number of rotatable bonds is 7. The lowest BCUT2D eigenvalue weighted by atomic mass is 10.2. The minimum atomic E-state index is -0.442. The van der Waals surface area contributed by atoms with E-state index in [4.69, 9.17) is 19.2 Å². The third kappa shape index (κ3) is 5.01. The summed E-state index contributed by atoms with van der Waals surface area (Å²) in [5, 5.41) is 8.86. The molecule has 26 heavy (non-hydrogen) atoms. The summed E-state index contributed by atoms with van der Waals surface area (Å²) in [6, 6.07) is 8.39. The van der Waals surface area contributed by atoms with Crippen LogP contribution in [0, 0.1) is 18.3 Å². The van der Waals surface area contributed by atoms with E-state index in [1.807, 2.05) is 6.07 Å². The maximum atomic E-state index is 11.8. The summed E-state index contributed by atoms with van der Waals surface area (Å²) in [6.07, 6.45) is 2.01. The van der Waals surface area contributed by atoms with E-state index in [0.717, 1.165) is 0 Å². The van der Waals surface area contributed by atoms with Crippen LogP contribution in [0.3, 0.4) is 0 Å². The number of hydrogen-bond donors (Lipinski definition) is 2. The van der Waals surface area contributed by atoms with Crippen LogP contribution in [0.5, 0.6) is 11.5 Å². The SMILES string of the molecule is COc1cc(C#N)ccc1OCCCC(=O)NNC(=O)c1ccoc1C. The molecular formula is C18H19N3O5. The first kappa shape index (κ1) is 18.9. The number of furan rings is 1. The van der Waals surface area contributed by atoms with E-state index in [1.54, 1.807) is 25.1 Å². The second kappa shape index (κ2) is 9.13. The fourth-order valence-electron chi connectivity index (χ4n) is 2.15. The van der Waals surface area contributed by atoms with Crippen LogP contribution in [-0.2, 0) is 4.79 Å². The molecule has 2 amide bonds. The van der Waals surface area contributed by atoms with Crippen LogP contribution >= 0.6 is 0 Å². The maximum Gasteiger partial charge on any atom is 0.273 e. The molecular weight excluding hydrogens is 338 g/mol. The number of nitrogens with zero attached hydrogens (tertiary/aromatic N) is 1. The van der Waals surface area contributed by atoms with Crippen LogP contribution in [0.4, 0.5) is 0 Å². The molecule has 0 aliphatic rings. The zero-order valence-corrected chi connectivity index (χ0v) is 14.5. The summed E-state index contributed by atoms with van der Waals surface area (Å²) in [5.41, 5.74) is 5.50. The van der Waals surface area contributed by atoms with Gasteiger partial charge in [-0.1, -0.05) is 0 Å². The number of ether oxygens (including phenoxy) is 2. The van der Waals surface area contributed by atoms with Gasteiger partial charge in [0.1, 0.15) is 5.76 Å². The van der Waals surface area contributed by atoms with Crippen molar-refractivity contribution in [3.05, 3.63) is 47.4 Å². The Morgan fingerprint density at radius 3 is 2.69 bits per heavy atom. The highest BCUT2D eigenvalue weighted by Crippen LogP contribution is 2.27. The Bertz CT molecular complexity index is 822. The molecule has 0 aliphatic carbocycles. The minimum absolute atomic E-state index is 0.170. The van der Waals surface area contributed by atoms with Crippen LogP contribution < -0.4 is 20.3 Å². The molecule has 8 nitrogen and oxygen atoms in total. The highest BCUT2D eigenvalue weighted by molar-refractivity contribution is 5.96. The molecule has 136 valence electrons. The average Bonchev–Trinajstić information content (AvgIpc) is 3.09. The fourth-order valence-corrected chi connectivity index (χ4v) is 2.15. The van der Waals surface area contributed by atoms with Crippen molar-refractivity contribution >= 4 is 11.8 Å². The maximum absolute atomic E-state index is 11.8. The molecule has 0 spiro atoms. The predicted molar refractivity (Wildman–Crippen MR) is 91.5 cm³/mol. The lowest BCUT2D eigenvalue weighted by molar-refractivity contribution is -0.122. The van der Waals surface area contributed by atoms with E-state index in [-0.39, 0.29) is 18.9 Å². The van der Waals surface area contributed by atoms with Crippen molar-refractivity contribution in [3.8, 4) is 17.6 Å². The van der Waals surface area contributed by atoms with Gasteiger partial charge in [0, 0.05) is 12.5 Å². The van der Waals surface area contributed by atoms with Gasteiger partial charge in [-0.05, 0) is 31.5 Å². The Kier molecular flexibility index (Phi) is 6.62. The number of carbonyl (C=O) groups excluding carboxylic acids is 2. The van der Waals surface area contributed by atoms with E-state index in [1.165, 1.54) is 19.4 Å². The topological polar surface area (TPSA) is 114 Å². The summed E-state index contributed by atoms with van der Waals surface area (Å²) in [4.78, 5) is 23.6. The van der Waals surface area contributed by atoms with Crippen LogP contribution in [0.25, 0.3) is 0 Å². The van der Waals surface area contributed by atoms with Gasteiger partial charge in [-0.2, -0.15) is 5.26 Å². The smallest absolute Gasteiger partial charge is 0.273 e. The summed E-state index contributed by atoms with van der Waals surface area (Å²) in [6.45, 7) is 1.94. The van der Waals surface area contributed by atoms with Gasteiger partial charge in [-0.3, -0.25) is 20.4 Å². The molecule has 2 N–H and O–H groups in total. The van der Waals surface area contributed by atoms with E-state index < -0.39 is 5.91 Å². The van der Waals surface area contributed by atoms with E-state index in [2.05, 4.69) is 10.9 Å². The fraction of sp³-hybridized carbons (Fsp3) is 0.278. The van der Waals surface area contributed by atoms with Crippen molar-refractivity contribution in [1.82, 2.24) is 10.9 Å². The van der Waals surface area contributed by atoms with Gasteiger partial charge in [0.2, 0.25) is 5.91 Å². The molecule has 1 heterocycles. The molecule has 0 unspecified atom stereocenters. The zero-order valence-electron chi connectivity index (χ0n) is 14.5. The molecule has 0 saturated heterocycles. The van der Waals surface area contributed by atoms with Gasteiger partial charge in [-0.25, -0.2) is 0 Å². The lowest BCUT2D eigenvalue weighted by Gasteiger charge is -2.11. The Morgan fingerprint density at radius 2 is 2.04 bits per heavy atom. The average molecular weight is 357 g/mol. The Morgan fingerprint density at radius 1 is 1.23 bits per heavy atom. The van der Waals surface area contributed by atoms with Gasteiger partial charge >= 0.3 is 0 Å². The number of methoxy groups -OCH3 is 1. The molecule has 0 radical (unpaired) electrons. The van der Waals surface area contributed by atoms with Gasteiger partial charge in [0.25, 0.3) is 5.91 Å². The van der Waals surface area contributed by atoms with Crippen molar-refractivity contribution in [2.45, 2.75) is 19.8 Å². The number of nitriles is 1. The molecule has 2 rings (SSSR count). The number of nitrogens with one attached hydrogen (secondary N) is 2. The molecule has 0 atom stereocenters. The predicted octanol–water partition coefficient (Wildman–Crippen LogP) is 2.09. The first-order chi connectivity index (χ1) is 12.5. The summed E-state index contributed by atoms with van der Waals surface area (Å²) >= 11 is 0. The first-order valence-corrected chi connectivity index (χ1v) is 7.89. The Labute approximate surface area is 150 Å². The standard InChI is InChI=1S/C18H19N3O5/c1-12-14(7-9-25-12)18(23)21-20-17(22)4-3-8-26-15-6-5-13(11-19)10-16(15)24-2/h5-7,9-10H,3-4,8H2,1-2H3,(H,20,22)(H,21,23). The number of hydrazine groups is 1. The minimum Gasteiger partial charge on any atom is -0.493 e. The van der Waals surface area contributed by atoms with Gasteiger partial charge in [0.15, 0.2) is 11.5 Å². The molecule has 8 heteroatoms. The number of carbonyl (C=O) groups is 2. The molecule has 1 aromatic carbocycles. The second-order valence-corrected chi connectivity index (χ2v) is 5.32. The second-order valence-electron chi connectivity index (χ2n) is 5.32. The summed E-state index contributed by atoms with van der Waals surface area (Å²) < 4.78 is 15.8. The molecule has 0 saturated carbocycles. The van der Waals surface area contributed by atoms with Crippen LogP contribution in [-0.4, -0.2) is 25.5 Å². The first-order valence-electron chi connectivity index (χ1n) is 7.89. The zero-order chi connectivity index (χ0) is 18.9. The number of hydrogen-bond acceptors (Lipinski definition) is 6. The monoisotopic (exact) mass is 357 g/mol. The lowest BCUT2D eigenvalue weighted by Crippen LogP contribution is -2.41. The van der Waals surface area contributed by atoms with Crippen LogP contribution in [0.2, 0.25) is 0 Å². The normalized spacial score (nSPS) is 9.88. The molecule has 0 bridgehead atoms. The van der Waals surface area contributed by atoms with E-state index >= 15 is 0 Å². The molecule has 2 aromatic rings. The Balaban J connectivity index is 1.71. The van der Waals surface area contributed by atoms with Crippen molar-refractivity contribution in [2.24, 2.45) is 0 Å². The highest BCUT2D eigenvalue weighted by Gasteiger charge is 2.12.